The molecule has 4 rings (SSSR count). The van der Waals surface area contributed by atoms with Crippen molar-refractivity contribution in [2.24, 2.45) is 0 Å². The molecule has 0 aliphatic carbocycles. The average Bonchev–Trinajstić information content (AvgIpc) is 3.27. The Balaban J connectivity index is 1.32. The van der Waals surface area contributed by atoms with Crippen LogP contribution in [0.2, 0.25) is 0 Å². The first-order valence-electron chi connectivity index (χ1n) is 9.93. The fraction of sp³-hybridized carbons (Fsp3) is 0.600. The number of carbonyl (C=O) groups excluding carboxylic acids is 1. The third-order valence-corrected chi connectivity index (χ3v) is 6.66. The van der Waals surface area contributed by atoms with Crippen LogP contribution in [0.1, 0.15) is 37.8 Å². The van der Waals surface area contributed by atoms with Crippen molar-refractivity contribution in [3.63, 3.8) is 0 Å². The lowest BCUT2D eigenvalue weighted by Crippen LogP contribution is -2.41. The van der Waals surface area contributed by atoms with Gasteiger partial charge in [-0.15, -0.1) is 11.3 Å². The van der Waals surface area contributed by atoms with E-state index in [1.807, 2.05) is 19.2 Å². The lowest BCUT2D eigenvalue weighted by atomic mass is 10.0. The van der Waals surface area contributed by atoms with Crippen molar-refractivity contribution in [3.8, 4) is 0 Å². The number of rotatable bonds is 6. The summed E-state index contributed by atoms with van der Waals surface area (Å²) in [7, 11) is 0. The molecule has 2 aliphatic heterocycles. The standard InChI is InChI=1S/C20H28N4O3S/c1-14-17(15(2)27-22-14)11-24-5-3-16-18(13-28-19(16)12-24)20(25)21-4-6-23-7-9-26-10-8-23/h13H,3-12H2,1-2H3,(H,21,25). The second-order valence-corrected chi connectivity index (χ2v) is 8.49. The number of carbonyl (C=O) groups is 1. The molecule has 4 heterocycles. The molecule has 28 heavy (non-hydrogen) atoms. The number of hydrogen-bond donors (Lipinski definition) is 1. The number of aromatic nitrogens is 1. The maximum Gasteiger partial charge on any atom is 0.252 e. The monoisotopic (exact) mass is 404 g/mol. The average molecular weight is 405 g/mol. The lowest BCUT2D eigenvalue weighted by Gasteiger charge is -2.27. The molecule has 1 N–H and O–H groups in total. The molecule has 152 valence electrons. The van der Waals surface area contributed by atoms with E-state index in [2.05, 4.69) is 20.3 Å². The number of amides is 1. The molecule has 1 amide bonds. The number of hydrogen-bond acceptors (Lipinski definition) is 7. The molecule has 1 saturated heterocycles. The van der Waals surface area contributed by atoms with Gasteiger partial charge in [0.1, 0.15) is 5.76 Å². The molecule has 0 spiro atoms. The van der Waals surface area contributed by atoms with Crippen LogP contribution in [0.4, 0.5) is 0 Å². The second kappa shape index (κ2) is 8.73. The number of ether oxygens (including phenoxy) is 1. The summed E-state index contributed by atoms with van der Waals surface area (Å²) in [6, 6.07) is 0. The van der Waals surface area contributed by atoms with E-state index in [0.717, 1.165) is 75.9 Å². The lowest BCUT2D eigenvalue weighted by molar-refractivity contribution is 0.0383. The minimum atomic E-state index is 0.0601. The molecule has 0 radical (unpaired) electrons. The molecule has 0 saturated carbocycles. The predicted molar refractivity (Wildman–Crippen MR) is 108 cm³/mol. The number of nitrogens with zero attached hydrogens (tertiary/aromatic N) is 3. The normalized spacial score (nSPS) is 18.2. The quantitative estimate of drug-likeness (QED) is 0.794. The molecule has 0 aromatic carbocycles. The van der Waals surface area contributed by atoms with Gasteiger partial charge in [0.05, 0.1) is 24.5 Å². The van der Waals surface area contributed by atoms with Crippen molar-refractivity contribution in [2.75, 3.05) is 45.9 Å². The molecule has 7 nitrogen and oxygen atoms in total. The summed E-state index contributed by atoms with van der Waals surface area (Å²) in [5.74, 6) is 0.958. The van der Waals surface area contributed by atoms with E-state index in [1.54, 1.807) is 11.3 Å². The fourth-order valence-corrected chi connectivity index (χ4v) is 5.03. The van der Waals surface area contributed by atoms with Crippen LogP contribution in [0.3, 0.4) is 0 Å². The van der Waals surface area contributed by atoms with Crippen LogP contribution in [0.5, 0.6) is 0 Å². The largest absolute Gasteiger partial charge is 0.379 e. The molecule has 2 aromatic rings. The molecule has 8 heteroatoms. The van der Waals surface area contributed by atoms with Crippen molar-refractivity contribution in [2.45, 2.75) is 33.4 Å². The second-order valence-electron chi connectivity index (χ2n) is 7.52. The molecular weight excluding hydrogens is 376 g/mol. The van der Waals surface area contributed by atoms with Crippen molar-refractivity contribution >= 4 is 17.2 Å². The Morgan fingerprint density at radius 2 is 2.07 bits per heavy atom. The minimum Gasteiger partial charge on any atom is -0.379 e. The highest BCUT2D eigenvalue weighted by Gasteiger charge is 2.25. The van der Waals surface area contributed by atoms with E-state index in [-0.39, 0.29) is 5.91 Å². The van der Waals surface area contributed by atoms with E-state index < -0.39 is 0 Å². The van der Waals surface area contributed by atoms with Gasteiger partial charge < -0.3 is 14.6 Å². The van der Waals surface area contributed by atoms with E-state index >= 15 is 0 Å². The van der Waals surface area contributed by atoms with E-state index in [0.29, 0.717) is 6.54 Å². The SMILES string of the molecule is Cc1noc(C)c1CN1CCc2c(C(=O)NCCN3CCOCC3)csc2C1. The maximum absolute atomic E-state index is 12.7. The van der Waals surface area contributed by atoms with Gasteiger partial charge in [-0.1, -0.05) is 5.16 Å². The Morgan fingerprint density at radius 1 is 1.25 bits per heavy atom. The summed E-state index contributed by atoms with van der Waals surface area (Å²) in [5, 5.41) is 9.17. The first-order chi connectivity index (χ1) is 13.6. The summed E-state index contributed by atoms with van der Waals surface area (Å²) >= 11 is 1.70. The first-order valence-corrected chi connectivity index (χ1v) is 10.8. The highest BCUT2D eigenvalue weighted by Crippen LogP contribution is 2.30. The van der Waals surface area contributed by atoms with Crippen LogP contribution in [-0.2, 0) is 24.2 Å². The van der Waals surface area contributed by atoms with Crippen LogP contribution >= 0.6 is 11.3 Å². The number of morpholine rings is 1. The number of fused-ring (bicyclic) bond motifs is 1. The fourth-order valence-electron chi connectivity index (χ4n) is 3.91. The van der Waals surface area contributed by atoms with Gasteiger partial charge in [0.25, 0.3) is 5.91 Å². The van der Waals surface area contributed by atoms with Crippen LogP contribution in [0.25, 0.3) is 0 Å². The third-order valence-electron chi connectivity index (χ3n) is 5.65. The highest BCUT2D eigenvalue weighted by atomic mass is 32.1. The van der Waals surface area contributed by atoms with Crippen LogP contribution in [0, 0.1) is 13.8 Å². The summed E-state index contributed by atoms with van der Waals surface area (Å²) in [5.41, 5.74) is 4.23. The Morgan fingerprint density at radius 3 is 2.82 bits per heavy atom. The zero-order chi connectivity index (χ0) is 19.5. The number of aryl methyl sites for hydroxylation is 2. The predicted octanol–water partition coefficient (Wildman–Crippen LogP) is 1.97. The summed E-state index contributed by atoms with van der Waals surface area (Å²) < 4.78 is 10.6. The Bertz CT molecular complexity index is 806. The minimum absolute atomic E-state index is 0.0601. The first kappa shape index (κ1) is 19.6. The van der Waals surface area contributed by atoms with Gasteiger partial charge in [-0.05, 0) is 25.8 Å². The molecule has 0 bridgehead atoms. The number of nitrogens with one attached hydrogen (secondary N) is 1. The van der Waals surface area contributed by atoms with Crippen molar-refractivity contribution < 1.29 is 14.1 Å². The van der Waals surface area contributed by atoms with Gasteiger partial charge in [0.2, 0.25) is 0 Å². The third kappa shape index (κ3) is 4.30. The zero-order valence-electron chi connectivity index (χ0n) is 16.6. The smallest absolute Gasteiger partial charge is 0.252 e. The molecule has 2 aromatic heterocycles. The van der Waals surface area contributed by atoms with Gasteiger partial charge in [0, 0.05) is 61.6 Å². The molecule has 0 unspecified atom stereocenters. The van der Waals surface area contributed by atoms with E-state index in [4.69, 9.17) is 9.26 Å². The van der Waals surface area contributed by atoms with Crippen LogP contribution in [0.15, 0.2) is 9.90 Å². The molecule has 2 aliphatic rings. The summed E-state index contributed by atoms with van der Waals surface area (Å²) in [6.07, 6.45) is 0.911. The Kier molecular flexibility index (Phi) is 6.10. The van der Waals surface area contributed by atoms with Crippen molar-refractivity contribution in [3.05, 3.63) is 38.4 Å². The highest BCUT2D eigenvalue weighted by molar-refractivity contribution is 7.10. The van der Waals surface area contributed by atoms with Crippen LogP contribution in [-0.4, -0.2) is 66.8 Å². The van der Waals surface area contributed by atoms with Gasteiger partial charge in [-0.25, -0.2) is 0 Å². The molecule has 1 fully saturated rings. The van der Waals surface area contributed by atoms with Crippen molar-refractivity contribution in [1.29, 1.82) is 0 Å². The summed E-state index contributed by atoms with van der Waals surface area (Å²) in [6.45, 7) is 11.7. The van der Waals surface area contributed by atoms with Gasteiger partial charge in [-0.2, -0.15) is 0 Å². The zero-order valence-corrected chi connectivity index (χ0v) is 17.4. The van der Waals surface area contributed by atoms with Gasteiger partial charge >= 0.3 is 0 Å². The topological polar surface area (TPSA) is 70.8 Å². The van der Waals surface area contributed by atoms with E-state index in [1.165, 1.54) is 16.0 Å². The molecular formula is C20H28N4O3S. The summed E-state index contributed by atoms with van der Waals surface area (Å²) in [4.78, 5) is 18.7. The Hall–Kier alpha value is -1.74. The Labute approximate surface area is 169 Å². The number of thiophene rings is 1. The van der Waals surface area contributed by atoms with Crippen LogP contribution < -0.4 is 5.32 Å². The van der Waals surface area contributed by atoms with Gasteiger partial charge in [-0.3, -0.25) is 14.6 Å². The molecule has 0 atom stereocenters. The van der Waals surface area contributed by atoms with Gasteiger partial charge in [0.15, 0.2) is 0 Å². The van der Waals surface area contributed by atoms with Crippen molar-refractivity contribution in [1.82, 2.24) is 20.3 Å². The van der Waals surface area contributed by atoms with E-state index in [9.17, 15) is 4.79 Å². The maximum atomic E-state index is 12.7.